The van der Waals surface area contributed by atoms with E-state index in [1.807, 2.05) is 44.2 Å². The Bertz CT molecular complexity index is 1360. The molecule has 0 aliphatic carbocycles. The molecule has 0 N–H and O–H groups in total. The van der Waals surface area contributed by atoms with E-state index >= 15 is 0 Å². The lowest BCUT2D eigenvalue weighted by atomic mass is 10.2. The van der Waals surface area contributed by atoms with Gasteiger partial charge >= 0.3 is 0 Å². The van der Waals surface area contributed by atoms with E-state index in [9.17, 15) is 13.2 Å². The highest BCUT2D eigenvalue weighted by Crippen LogP contribution is 2.22. The molecule has 0 fully saturated rings. The van der Waals surface area contributed by atoms with Crippen molar-refractivity contribution in [3.63, 3.8) is 0 Å². The normalized spacial score (nSPS) is 11.7. The van der Waals surface area contributed by atoms with E-state index in [0.29, 0.717) is 17.6 Å². The third kappa shape index (κ3) is 3.59. The van der Waals surface area contributed by atoms with Crippen molar-refractivity contribution < 1.29 is 8.42 Å². The Hall–Kier alpha value is -3.25. The molecule has 0 aliphatic rings. The molecule has 4 rings (SSSR count). The Morgan fingerprint density at radius 2 is 1.59 bits per heavy atom. The molecular formula is C23H20N2O3S. The Morgan fingerprint density at radius 3 is 2.28 bits per heavy atom. The summed E-state index contributed by atoms with van der Waals surface area (Å²) in [5, 5.41) is 0.291. The second kappa shape index (κ2) is 7.29. The van der Waals surface area contributed by atoms with Crippen molar-refractivity contribution in [1.82, 2.24) is 9.55 Å². The number of nitrogens with zero attached hydrogens (tertiary/aromatic N) is 2. The molecule has 0 atom stereocenters. The quantitative estimate of drug-likeness (QED) is 0.517. The first-order valence-electron chi connectivity index (χ1n) is 9.23. The van der Waals surface area contributed by atoms with E-state index in [1.165, 1.54) is 18.3 Å². The zero-order chi connectivity index (χ0) is 20.6. The van der Waals surface area contributed by atoms with Crippen LogP contribution in [0.2, 0.25) is 0 Å². The molecule has 6 heteroatoms. The van der Waals surface area contributed by atoms with E-state index in [1.54, 1.807) is 28.8 Å². The van der Waals surface area contributed by atoms with Gasteiger partial charge in [0, 0.05) is 18.4 Å². The number of sulfone groups is 1. The molecule has 0 spiro atoms. The summed E-state index contributed by atoms with van der Waals surface area (Å²) >= 11 is 0. The highest BCUT2D eigenvalue weighted by Gasteiger charge is 2.24. The monoisotopic (exact) mass is 404 g/mol. The predicted molar refractivity (Wildman–Crippen MR) is 113 cm³/mol. The van der Waals surface area contributed by atoms with Crippen molar-refractivity contribution in [2.75, 3.05) is 0 Å². The SMILES string of the molecule is Cc1ccc(S(=O)(=O)c2cn(Cc3ccccc3)c3nc(C)ccc3c2=O)cc1. The lowest BCUT2D eigenvalue weighted by Crippen LogP contribution is -2.20. The Labute approximate surface area is 169 Å². The minimum absolute atomic E-state index is 0.103. The topological polar surface area (TPSA) is 69.0 Å². The number of aryl methyl sites for hydroxylation is 2. The van der Waals surface area contributed by atoms with Gasteiger partial charge in [0.25, 0.3) is 0 Å². The van der Waals surface area contributed by atoms with Gasteiger partial charge in [-0.2, -0.15) is 0 Å². The fraction of sp³-hybridized carbons (Fsp3) is 0.130. The zero-order valence-corrected chi connectivity index (χ0v) is 17.0. The fourth-order valence-electron chi connectivity index (χ4n) is 3.27. The van der Waals surface area contributed by atoms with Crippen LogP contribution in [-0.4, -0.2) is 18.0 Å². The number of benzene rings is 2. The molecule has 29 heavy (non-hydrogen) atoms. The Morgan fingerprint density at radius 1 is 0.897 bits per heavy atom. The van der Waals surface area contributed by atoms with Crippen LogP contribution < -0.4 is 5.43 Å². The lowest BCUT2D eigenvalue weighted by molar-refractivity contribution is 0.594. The summed E-state index contributed by atoms with van der Waals surface area (Å²) in [4.78, 5) is 17.5. The molecule has 146 valence electrons. The molecule has 2 aromatic carbocycles. The summed E-state index contributed by atoms with van der Waals surface area (Å²) in [7, 11) is -3.96. The molecule has 0 amide bonds. The zero-order valence-electron chi connectivity index (χ0n) is 16.2. The molecule has 0 unspecified atom stereocenters. The maximum Gasteiger partial charge on any atom is 0.211 e. The molecule has 2 heterocycles. The number of rotatable bonds is 4. The first kappa shape index (κ1) is 19.1. The highest BCUT2D eigenvalue weighted by atomic mass is 32.2. The minimum Gasteiger partial charge on any atom is -0.327 e. The second-order valence-electron chi connectivity index (χ2n) is 7.08. The van der Waals surface area contributed by atoms with Gasteiger partial charge in [-0.1, -0.05) is 48.0 Å². The van der Waals surface area contributed by atoms with Crippen LogP contribution >= 0.6 is 0 Å². The fourth-order valence-corrected chi connectivity index (χ4v) is 4.64. The Balaban J connectivity index is 1.98. The number of hydrogen-bond donors (Lipinski definition) is 0. The molecule has 0 saturated heterocycles. The molecular weight excluding hydrogens is 384 g/mol. The van der Waals surface area contributed by atoms with E-state index in [-0.39, 0.29) is 9.79 Å². The summed E-state index contributed by atoms with van der Waals surface area (Å²) in [5.41, 5.74) is 2.63. The van der Waals surface area contributed by atoms with Crippen LogP contribution in [0.25, 0.3) is 11.0 Å². The number of pyridine rings is 2. The van der Waals surface area contributed by atoms with Crippen molar-refractivity contribution >= 4 is 20.9 Å². The third-order valence-electron chi connectivity index (χ3n) is 4.84. The van der Waals surface area contributed by atoms with Crippen LogP contribution in [0.4, 0.5) is 0 Å². The molecule has 0 radical (unpaired) electrons. The van der Waals surface area contributed by atoms with Gasteiger partial charge in [0.1, 0.15) is 10.5 Å². The standard InChI is InChI=1S/C23H20N2O3S/c1-16-8-11-19(12-9-16)29(27,28)21-15-25(14-18-6-4-3-5-7-18)23-20(22(21)26)13-10-17(2)24-23/h3-13,15H,14H2,1-2H3. The van der Waals surface area contributed by atoms with Crippen molar-refractivity contribution in [2.45, 2.75) is 30.2 Å². The summed E-state index contributed by atoms with van der Waals surface area (Å²) in [6, 6.07) is 19.5. The second-order valence-corrected chi connectivity index (χ2v) is 8.99. The van der Waals surface area contributed by atoms with Crippen molar-refractivity contribution in [3.8, 4) is 0 Å². The van der Waals surface area contributed by atoms with Crippen LogP contribution in [-0.2, 0) is 16.4 Å². The molecule has 4 aromatic rings. The van der Waals surface area contributed by atoms with Gasteiger partial charge in [-0.15, -0.1) is 0 Å². The van der Waals surface area contributed by atoms with Crippen LogP contribution in [0, 0.1) is 13.8 Å². The number of aromatic nitrogens is 2. The maximum absolute atomic E-state index is 13.2. The van der Waals surface area contributed by atoms with Gasteiger partial charge in [0.2, 0.25) is 15.3 Å². The average molecular weight is 404 g/mol. The average Bonchev–Trinajstić information content (AvgIpc) is 2.71. The number of hydrogen-bond acceptors (Lipinski definition) is 4. The Kier molecular flexibility index (Phi) is 4.80. The smallest absolute Gasteiger partial charge is 0.211 e. The number of fused-ring (bicyclic) bond motifs is 1. The van der Waals surface area contributed by atoms with Gasteiger partial charge in [0.05, 0.1) is 10.3 Å². The van der Waals surface area contributed by atoms with Crippen LogP contribution in [0.3, 0.4) is 0 Å². The molecule has 0 saturated carbocycles. The lowest BCUT2D eigenvalue weighted by Gasteiger charge is -2.14. The van der Waals surface area contributed by atoms with Crippen molar-refractivity contribution in [3.05, 3.63) is 100.0 Å². The summed E-state index contributed by atoms with van der Waals surface area (Å²) < 4.78 is 28.2. The molecule has 2 aromatic heterocycles. The van der Waals surface area contributed by atoms with E-state index in [0.717, 1.165) is 16.8 Å². The third-order valence-corrected chi connectivity index (χ3v) is 6.61. The van der Waals surface area contributed by atoms with Crippen LogP contribution in [0.15, 0.2) is 87.5 Å². The van der Waals surface area contributed by atoms with Gasteiger partial charge in [-0.05, 0) is 43.7 Å². The first-order chi connectivity index (χ1) is 13.9. The van der Waals surface area contributed by atoms with Gasteiger partial charge in [-0.3, -0.25) is 4.79 Å². The summed E-state index contributed by atoms with van der Waals surface area (Å²) in [6.45, 7) is 4.13. The van der Waals surface area contributed by atoms with Gasteiger partial charge < -0.3 is 4.57 Å². The molecule has 0 aliphatic heterocycles. The summed E-state index contributed by atoms with van der Waals surface area (Å²) in [6.07, 6.45) is 1.42. The van der Waals surface area contributed by atoms with Gasteiger partial charge in [0.15, 0.2) is 0 Å². The first-order valence-corrected chi connectivity index (χ1v) is 10.7. The minimum atomic E-state index is -3.96. The van der Waals surface area contributed by atoms with E-state index in [4.69, 9.17) is 0 Å². The van der Waals surface area contributed by atoms with Gasteiger partial charge in [-0.25, -0.2) is 13.4 Å². The predicted octanol–water partition coefficient (Wildman–Crippen LogP) is 3.89. The van der Waals surface area contributed by atoms with Crippen LogP contribution in [0.5, 0.6) is 0 Å². The van der Waals surface area contributed by atoms with Crippen LogP contribution in [0.1, 0.15) is 16.8 Å². The summed E-state index contributed by atoms with van der Waals surface area (Å²) in [5.74, 6) is 0. The maximum atomic E-state index is 13.2. The molecule has 0 bridgehead atoms. The molecule has 5 nitrogen and oxygen atoms in total. The highest BCUT2D eigenvalue weighted by molar-refractivity contribution is 7.91. The van der Waals surface area contributed by atoms with Crippen molar-refractivity contribution in [1.29, 1.82) is 0 Å². The van der Waals surface area contributed by atoms with E-state index < -0.39 is 15.3 Å². The van der Waals surface area contributed by atoms with Crippen molar-refractivity contribution in [2.24, 2.45) is 0 Å². The van der Waals surface area contributed by atoms with E-state index in [2.05, 4.69) is 4.98 Å². The largest absolute Gasteiger partial charge is 0.327 e.